The third-order valence-corrected chi connectivity index (χ3v) is 2.69. The molecule has 0 aliphatic rings. The van der Waals surface area contributed by atoms with Gasteiger partial charge in [0, 0.05) is 11.1 Å². The molecule has 0 fully saturated rings. The van der Waals surface area contributed by atoms with Gasteiger partial charge in [0.25, 0.3) is 0 Å². The van der Waals surface area contributed by atoms with Crippen LogP contribution >= 0.6 is 0 Å². The molecule has 1 nitrogen and oxygen atoms in total. The summed E-state index contributed by atoms with van der Waals surface area (Å²) in [6.07, 6.45) is 0.575. The van der Waals surface area contributed by atoms with Crippen LogP contribution in [0.4, 0.5) is 8.78 Å². The molecule has 0 bridgehead atoms. The maximum Gasteiger partial charge on any atom is 0.150 e. The highest BCUT2D eigenvalue weighted by molar-refractivity contribution is 5.77. The Morgan fingerprint density at radius 3 is 2.41 bits per heavy atom. The van der Waals surface area contributed by atoms with Gasteiger partial charge in [0.1, 0.15) is 17.9 Å². The van der Waals surface area contributed by atoms with Crippen molar-refractivity contribution in [2.75, 3.05) is 0 Å². The fourth-order valence-electron chi connectivity index (χ4n) is 1.72. The summed E-state index contributed by atoms with van der Waals surface area (Å²) in [6.45, 7) is 1.59. The van der Waals surface area contributed by atoms with Crippen molar-refractivity contribution in [3.63, 3.8) is 0 Å². The summed E-state index contributed by atoms with van der Waals surface area (Å²) in [5, 5.41) is 0. The molecule has 0 aromatic heterocycles. The van der Waals surface area contributed by atoms with Gasteiger partial charge in [0.05, 0.1) is 0 Å². The van der Waals surface area contributed by atoms with E-state index in [2.05, 4.69) is 0 Å². The molecule has 0 N–H and O–H groups in total. The van der Waals surface area contributed by atoms with E-state index in [-0.39, 0.29) is 11.4 Å². The van der Waals surface area contributed by atoms with Gasteiger partial charge < -0.3 is 0 Å². The largest absolute Gasteiger partial charge is 0.298 e. The summed E-state index contributed by atoms with van der Waals surface area (Å²) < 4.78 is 27.1. The molecule has 17 heavy (non-hydrogen) atoms. The molecule has 0 amide bonds. The van der Waals surface area contributed by atoms with Crippen LogP contribution < -0.4 is 0 Å². The number of rotatable bonds is 2. The lowest BCUT2D eigenvalue weighted by Crippen LogP contribution is -1.92. The lowest BCUT2D eigenvalue weighted by molar-refractivity contribution is 0.112. The van der Waals surface area contributed by atoms with Gasteiger partial charge in [-0.2, -0.15) is 0 Å². The molecular weight excluding hydrogens is 222 g/mol. The first-order chi connectivity index (χ1) is 8.13. The highest BCUT2D eigenvalue weighted by Gasteiger charge is 2.10. The summed E-state index contributed by atoms with van der Waals surface area (Å²) in [4.78, 5) is 10.5. The average Bonchev–Trinajstić information content (AvgIpc) is 2.33. The predicted molar refractivity (Wildman–Crippen MR) is 61.9 cm³/mol. The van der Waals surface area contributed by atoms with E-state index < -0.39 is 5.82 Å². The van der Waals surface area contributed by atoms with Gasteiger partial charge in [-0.3, -0.25) is 4.79 Å². The van der Waals surface area contributed by atoms with E-state index in [1.807, 2.05) is 0 Å². The van der Waals surface area contributed by atoms with Crippen LogP contribution in [0.2, 0.25) is 0 Å². The van der Waals surface area contributed by atoms with E-state index in [1.165, 1.54) is 24.3 Å². The van der Waals surface area contributed by atoms with Gasteiger partial charge in [-0.25, -0.2) is 8.78 Å². The van der Waals surface area contributed by atoms with Crippen molar-refractivity contribution in [2.24, 2.45) is 0 Å². The molecule has 0 spiro atoms. The second-order valence-electron chi connectivity index (χ2n) is 3.77. The minimum Gasteiger partial charge on any atom is -0.298 e. The second kappa shape index (κ2) is 4.45. The summed E-state index contributed by atoms with van der Waals surface area (Å²) in [5.74, 6) is -0.898. The molecule has 0 saturated carbocycles. The maximum atomic E-state index is 13.8. The van der Waals surface area contributed by atoms with Crippen LogP contribution in [0.15, 0.2) is 36.4 Å². The highest BCUT2D eigenvalue weighted by Crippen LogP contribution is 2.27. The quantitative estimate of drug-likeness (QED) is 0.720. The molecular formula is C14H10F2O. The first-order valence-corrected chi connectivity index (χ1v) is 5.13. The average molecular weight is 232 g/mol. The van der Waals surface area contributed by atoms with E-state index in [9.17, 15) is 13.6 Å². The van der Waals surface area contributed by atoms with Crippen molar-refractivity contribution >= 4 is 6.29 Å². The fourth-order valence-corrected chi connectivity index (χ4v) is 1.72. The monoisotopic (exact) mass is 232 g/mol. The minimum atomic E-state index is -0.525. The molecule has 0 atom stereocenters. The lowest BCUT2D eigenvalue weighted by atomic mass is 9.99. The van der Waals surface area contributed by atoms with Crippen molar-refractivity contribution in [3.8, 4) is 11.1 Å². The van der Waals surface area contributed by atoms with Crippen LogP contribution in [0.1, 0.15) is 15.9 Å². The molecule has 0 heterocycles. The van der Waals surface area contributed by atoms with Crippen molar-refractivity contribution in [2.45, 2.75) is 6.92 Å². The smallest absolute Gasteiger partial charge is 0.150 e. The first kappa shape index (κ1) is 11.5. The molecule has 0 aliphatic heterocycles. The highest BCUT2D eigenvalue weighted by atomic mass is 19.1. The fraction of sp³-hybridized carbons (Fsp3) is 0.0714. The van der Waals surface area contributed by atoms with Crippen molar-refractivity contribution in [3.05, 3.63) is 59.2 Å². The second-order valence-corrected chi connectivity index (χ2v) is 3.77. The van der Waals surface area contributed by atoms with Gasteiger partial charge in [-0.15, -0.1) is 0 Å². The summed E-state index contributed by atoms with van der Waals surface area (Å²) in [5.41, 5.74) is 1.46. The number of hydrogen-bond acceptors (Lipinski definition) is 1. The van der Waals surface area contributed by atoms with Crippen LogP contribution in [-0.4, -0.2) is 6.29 Å². The zero-order chi connectivity index (χ0) is 12.4. The Kier molecular flexibility index (Phi) is 3.00. The van der Waals surface area contributed by atoms with Gasteiger partial charge >= 0.3 is 0 Å². The summed E-state index contributed by atoms with van der Waals surface area (Å²) in [7, 11) is 0. The predicted octanol–water partition coefficient (Wildman–Crippen LogP) is 3.75. The van der Waals surface area contributed by atoms with Crippen LogP contribution in [-0.2, 0) is 0 Å². The number of halogens is 2. The first-order valence-electron chi connectivity index (χ1n) is 5.13. The zero-order valence-corrected chi connectivity index (χ0v) is 9.21. The van der Waals surface area contributed by atoms with E-state index >= 15 is 0 Å². The Morgan fingerprint density at radius 1 is 1.00 bits per heavy atom. The number of carbonyl (C=O) groups is 1. The van der Waals surface area contributed by atoms with E-state index in [4.69, 9.17) is 0 Å². The maximum absolute atomic E-state index is 13.8. The SMILES string of the molecule is Cc1c(F)cccc1-c1ccc(C=O)cc1F. The molecule has 0 aliphatic carbocycles. The summed E-state index contributed by atoms with van der Waals surface area (Å²) >= 11 is 0. The Labute approximate surface area is 97.7 Å². The molecule has 2 aromatic rings. The van der Waals surface area contributed by atoms with E-state index in [0.29, 0.717) is 23.0 Å². The minimum absolute atomic E-state index is 0.264. The van der Waals surface area contributed by atoms with Crippen LogP contribution in [0.25, 0.3) is 11.1 Å². The number of benzene rings is 2. The normalized spacial score (nSPS) is 10.3. The zero-order valence-electron chi connectivity index (χ0n) is 9.21. The number of carbonyl (C=O) groups excluding carboxylic acids is 1. The van der Waals surface area contributed by atoms with E-state index in [0.717, 1.165) is 6.07 Å². The van der Waals surface area contributed by atoms with Crippen LogP contribution in [0.5, 0.6) is 0 Å². The van der Waals surface area contributed by atoms with E-state index in [1.54, 1.807) is 13.0 Å². The topological polar surface area (TPSA) is 17.1 Å². The molecule has 3 heteroatoms. The van der Waals surface area contributed by atoms with Gasteiger partial charge in [0.2, 0.25) is 0 Å². The van der Waals surface area contributed by atoms with Gasteiger partial charge in [-0.05, 0) is 30.2 Å². The molecule has 2 aromatic carbocycles. The van der Waals surface area contributed by atoms with Crippen molar-refractivity contribution < 1.29 is 13.6 Å². The standard InChI is InChI=1S/C14H10F2O/c1-9-11(3-2-4-13(9)15)12-6-5-10(8-17)7-14(12)16/h2-8H,1H3. The summed E-state index contributed by atoms with van der Waals surface area (Å²) in [6, 6.07) is 8.65. The van der Waals surface area contributed by atoms with Crippen LogP contribution in [0, 0.1) is 18.6 Å². The molecule has 0 unspecified atom stereocenters. The molecule has 0 radical (unpaired) electrons. The number of hydrogen-bond donors (Lipinski definition) is 0. The van der Waals surface area contributed by atoms with Crippen LogP contribution in [0.3, 0.4) is 0 Å². The Bertz CT molecular complexity index is 576. The third-order valence-electron chi connectivity index (χ3n) is 2.69. The van der Waals surface area contributed by atoms with Crippen molar-refractivity contribution in [1.82, 2.24) is 0 Å². The Balaban J connectivity index is 2.61. The lowest BCUT2D eigenvalue weighted by Gasteiger charge is -2.08. The third kappa shape index (κ3) is 2.09. The van der Waals surface area contributed by atoms with Gasteiger partial charge in [-0.1, -0.05) is 24.3 Å². The Morgan fingerprint density at radius 2 is 1.76 bits per heavy atom. The van der Waals surface area contributed by atoms with Gasteiger partial charge in [0.15, 0.2) is 0 Å². The number of aldehydes is 1. The molecule has 0 saturated heterocycles. The van der Waals surface area contributed by atoms with Crippen molar-refractivity contribution in [1.29, 1.82) is 0 Å². The molecule has 86 valence electrons. The Hall–Kier alpha value is -2.03. The molecule has 2 rings (SSSR count).